The first-order valence-electron chi connectivity index (χ1n) is 7.89. The zero-order valence-corrected chi connectivity index (χ0v) is 12.8. The first-order chi connectivity index (χ1) is 10.3. The molecule has 0 saturated carbocycles. The lowest BCUT2D eigenvalue weighted by molar-refractivity contribution is 0.248. The van der Waals surface area contributed by atoms with Gasteiger partial charge in [0.15, 0.2) is 11.6 Å². The van der Waals surface area contributed by atoms with Crippen molar-refractivity contribution < 1.29 is 4.74 Å². The first kappa shape index (κ1) is 14.4. The van der Waals surface area contributed by atoms with E-state index in [-0.39, 0.29) is 0 Å². The Balaban J connectivity index is 1.59. The van der Waals surface area contributed by atoms with Crippen LogP contribution in [0, 0.1) is 5.92 Å². The monoisotopic (exact) mass is 291 g/mol. The van der Waals surface area contributed by atoms with Crippen molar-refractivity contribution in [2.45, 2.75) is 25.7 Å². The van der Waals surface area contributed by atoms with E-state index in [1.54, 1.807) is 7.11 Å². The minimum atomic E-state index is 0.418. The Morgan fingerprint density at radius 3 is 2.57 bits per heavy atom. The van der Waals surface area contributed by atoms with E-state index in [0.717, 1.165) is 24.8 Å². The molecule has 21 heavy (non-hydrogen) atoms. The minimum Gasteiger partial charge on any atom is -0.490 e. The van der Waals surface area contributed by atoms with Crippen LogP contribution in [-0.4, -0.2) is 54.7 Å². The van der Waals surface area contributed by atoms with Gasteiger partial charge >= 0.3 is 0 Å². The van der Waals surface area contributed by atoms with Gasteiger partial charge in [-0.3, -0.25) is 0 Å². The molecule has 1 aromatic rings. The van der Waals surface area contributed by atoms with E-state index in [2.05, 4.69) is 19.8 Å². The Kier molecular flexibility index (Phi) is 4.43. The number of hydrogen-bond acceptors (Lipinski definition) is 6. The van der Waals surface area contributed by atoms with E-state index in [1.807, 2.05) is 0 Å². The SMILES string of the molecule is COc1c(N)ncnc1N1CCC(CN2CCCC2)CC1. The number of nitrogens with zero attached hydrogens (tertiary/aromatic N) is 4. The molecular weight excluding hydrogens is 266 g/mol. The molecule has 2 aliphatic rings. The molecule has 0 radical (unpaired) electrons. The summed E-state index contributed by atoms with van der Waals surface area (Å²) in [6.45, 7) is 5.88. The third kappa shape index (κ3) is 3.20. The van der Waals surface area contributed by atoms with Crippen LogP contribution >= 0.6 is 0 Å². The molecule has 3 heterocycles. The van der Waals surface area contributed by atoms with Crippen molar-refractivity contribution in [3.05, 3.63) is 6.33 Å². The fourth-order valence-electron chi connectivity index (χ4n) is 3.46. The lowest BCUT2D eigenvalue weighted by Gasteiger charge is -2.35. The number of rotatable bonds is 4. The van der Waals surface area contributed by atoms with Crippen LogP contribution in [-0.2, 0) is 0 Å². The van der Waals surface area contributed by atoms with Gasteiger partial charge in [-0.15, -0.1) is 0 Å². The fraction of sp³-hybridized carbons (Fsp3) is 0.733. The predicted molar refractivity (Wildman–Crippen MR) is 83.6 cm³/mol. The van der Waals surface area contributed by atoms with Crippen LogP contribution in [0.25, 0.3) is 0 Å². The fourth-order valence-corrected chi connectivity index (χ4v) is 3.46. The largest absolute Gasteiger partial charge is 0.490 e. The molecule has 2 N–H and O–H groups in total. The zero-order valence-electron chi connectivity index (χ0n) is 12.8. The Morgan fingerprint density at radius 2 is 1.90 bits per heavy atom. The Morgan fingerprint density at radius 1 is 1.19 bits per heavy atom. The van der Waals surface area contributed by atoms with Gasteiger partial charge in [0.25, 0.3) is 0 Å². The second kappa shape index (κ2) is 6.47. The van der Waals surface area contributed by atoms with E-state index >= 15 is 0 Å². The van der Waals surface area contributed by atoms with Crippen LogP contribution in [0.4, 0.5) is 11.6 Å². The first-order valence-corrected chi connectivity index (χ1v) is 7.89. The van der Waals surface area contributed by atoms with E-state index in [9.17, 15) is 0 Å². The summed E-state index contributed by atoms with van der Waals surface area (Å²) in [5.74, 6) is 2.67. The van der Waals surface area contributed by atoms with Crippen LogP contribution in [0.3, 0.4) is 0 Å². The molecule has 0 spiro atoms. The molecule has 0 aliphatic carbocycles. The normalized spacial score (nSPS) is 20.9. The molecule has 1 aromatic heterocycles. The highest BCUT2D eigenvalue weighted by Crippen LogP contribution is 2.32. The van der Waals surface area contributed by atoms with Gasteiger partial charge < -0.3 is 20.3 Å². The third-order valence-electron chi connectivity index (χ3n) is 4.65. The molecule has 2 saturated heterocycles. The lowest BCUT2D eigenvalue weighted by Crippen LogP contribution is -2.38. The number of likely N-dealkylation sites (tertiary alicyclic amines) is 1. The van der Waals surface area contributed by atoms with Gasteiger partial charge in [0.1, 0.15) is 6.33 Å². The number of methoxy groups -OCH3 is 1. The van der Waals surface area contributed by atoms with Gasteiger partial charge in [-0.2, -0.15) is 0 Å². The molecule has 116 valence electrons. The standard InChI is InChI=1S/C15H25N5O/c1-21-13-14(16)17-11-18-15(13)20-8-4-12(5-9-20)10-19-6-2-3-7-19/h11-12H,2-10H2,1H3,(H2,16,17,18). The van der Waals surface area contributed by atoms with Crippen molar-refractivity contribution in [3.63, 3.8) is 0 Å². The average Bonchev–Trinajstić information content (AvgIpc) is 3.01. The molecule has 3 rings (SSSR count). The molecule has 0 atom stereocenters. The molecule has 2 fully saturated rings. The van der Waals surface area contributed by atoms with Crippen LogP contribution in [0.1, 0.15) is 25.7 Å². The van der Waals surface area contributed by atoms with Crippen molar-refractivity contribution in [1.82, 2.24) is 14.9 Å². The quantitative estimate of drug-likeness (QED) is 0.904. The number of aromatic nitrogens is 2. The smallest absolute Gasteiger partial charge is 0.204 e. The Hall–Kier alpha value is -1.56. The summed E-state index contributed by atoms with van der Waals surface area (Å²) in [6, 6.07) is 0. The maximum absolute atomic E-state index is 5.87. The van der Waals surface area contributed by atoms with Gasteiger partial charge in [-0.25, -0.2) is 9.97 Å². The summed E-state index contributed by atoms with van der Waals surface area (Å²) in [6.07, 6.45) is 6.68. The highest BCUT2D eigenvalue weighted by molar-refractivity contribution is 5.62. The number of anilines is 2. The topological polar surface area (TPSA) is 67.5 Å². The molecule has 6 heteroatoms. The summed E-state index contributed by atoms with van der Waals surface area (Å²) < 4.78 is 5.36. The molecule has 0 amide bonds. The summed E-state index contributed by atoms with van der Waals surface area (Å²) in [5.41, 5.74) is 5.87. The number of nitrogens with two attached hydrogens (primary N) is 1. The van der Waals surface area contributed by atoms with Gasteiger partial charge in [-0.1, -0.05) is 0 Å². The second-order valence-corrected chi connectivity index (χ2v) is 6.05. The molecule has 0 unspecified atom stereocenters. The van der Waals surface area contributed by atoms with E-state index in [1.165, 1.54) is 51.6 Å². The van der Waals surface area contributed by atoms with Crippen molar-refractivity contribution in [2.75, 3.05) is 50.5 Å². The molecule has 0 aromatic carbocycles. The third-order valence-corrected chi connectivity index (χ3v) is 4.65. The minimum absolute atomic E-state index is 0.418. The molecule has 2 aliphatic heterocycles. The summed E-state index contributed by atoms with van der Waals surface area (Å²) >= 11 is 0. The number of hydrogen-bond donors (Lipinski definition) is 1. The summed E-state index contributed by atoms with van der Waals surface area (Å²) in [4.78, 5) is 13.2. The molecule has 0 bridgehead atoms. The molecule has 6 nitrogen and oxygen atoms in total. The molecular formula is C15H25N5O. The summed E-state index contributed by atoms with van der Waals surface area (Å²) in [5, 5.41) is 0. The van der Waals surface area contributed by atoms with Crippen LogP contribution in [0.2, 0.25) is 0 Å². The number of piperidine rings is 1. The predicted octanol–water partition coefficient (Wildman–Crippen LogP) is 1.38. The highest BCUT2D eigenvalue weighted by Gasteiger charge is 2.25. The van der Waals surface area contributed by atoms with Crippen molar-refractivity contribution >= 4 is 11.6 Å². The maximum atomic E-state index is 5.87. The van der Waals surface area contributed by atoms with Gasteiger partial charge in [0, 0.05) is 19.6 Å². The number of ether oxygens (including phenoxy) is 1. The van der Waals surface area contributed by atoms with E-state index < -0.39 is 0 Å². The van der Waals surface area contributed by atoms with Crippen LogP contribution in [0.15, 0.2) is 6.33 Å². The maximum Gasteiger partial charge on any atom is 0.204 e. The second-order valence-electron chi connectivity index (χ2n) is 6.05. The van der Waals surface area contributed by atoms with Crippen LogP contribution < -0.4 is 15.4 Å². The number of nitrogen functional groups attached to an aromatic ring is 1. The average molecular weight is 291 g/mol. The van der Waals surface area contributed by atoms with E-state index in [4.69, 9.17) is 10.5 Å². The van der Waals surface area contributed by atoms with Gasteiger partial charge in [0.2, 0.25) is 5.75 Å². The zero-order chi connectivity index (χ0) is 14.7. The van der Waals surface area contributed by atoms with Gasteiger partial charge in [-0.05, 0) is 44.7 Å². The Labute approximate surface area is 126 Å². The Bertz CT molecular complexity index is 467. The van der Waals surface area contributed by atoms with Crippen molar-refractivity contribution in [1.29, 1.82) is 0 Å². The highest BCUT2D eigenvalue weighted by atomic mass is 16.5. The summed E-state index contributed by atoms with van der Waals surface area (Å²) in [7, 11) is 1.62. The van der Waals surface area contributed by atoms with Crippen molar-refractivity contribution in [3.8, 4) is 5.75 Å². The van der Waals surface area contributed by atoms with E-state index in [0.29, 0.717) is 11.6 Å². The van der Waals surface area contributed by atoms with Crippen LogP contribution in [0.5, 0.6) is 5.75 Å². The lowest BCUT2D eigenvalue weighted by atomic mass is 9.96. The van der Waals surface area contributed by atoms with Crippen molar-refractivity contribution in [2.24, 2.45) is 5.92 Å². The van der Waals surface area contributed by atoms with Gasteiger partial charge in [0.05, 0.1) is 7.11 Å².